The van der Waals surface area contributed by atoms with E-state index in [9.17, 15) is 34.2 Å². The second-order valence-corrected chi connectivity index (χ2v) is 7.21. The molecule has 31 heavy (non-hydrogen) atoms. The van der Waals surface area contributed by atoms with E-state index in [1.165, 1.54) is 0 Å². The fraction of sp³-hybridized carbons (Fsp3) is 0.722. The summed E-state index contributed by atoms with van der Waals surface area (Å²) in [5.41, 5.74) is 5.78. The lowest BCUT2D eigenvalue weighted by atomic mass is 9.99. The Hall–Kier alpha value is -2.77. The average molecular weight is 448 g/mol. The van der Waals surface area contributed by atoms with Crippen molar-refractivity contribution in [3.63, 3.8) is 0 Å². The van der Waals surface area contributed by atoms with Gasteiger partial charge in [0.2, 0.25) is 17.7 Å². The van der Waals surface area contributed by atoms with Gasteiger partial charge in [-0.1, -0.05) is 20.3 Å². The summed E-state index contributed by atoms with van der Waals surface area (Å²) in [5.74, 6) is -5.76. The number of nitrogens with two attached hydrogens (primary N) is 1. The first-order valence-corrected chi connectivity index (χ1v) is 9.75. The van der Waals surface area contributed by atoms with E-state index in [1.807, 2.05) is 12.2 Å². The van der Waals surface area contributed by atoms with Crippen LogP contribution < -0.4 is 21.7 Å². The number of aliphatic hydroxyl groups is 2. The van der Waals surface area contributed by atoms with E-state index in [4.69, 9.17) is 15.9 Å². The van der Waals surface area contributed by atoms with E-state index in [-0.39, 0.29) is 5.92 Å². The lowest BCUT2D eigenvalue weighted by Crippen LogP contribution is -2.59. The molecule has 0 aliphatic carbocycles. The van der Waals surface area contributed by atoms with Crippen molar-refractivity contribution in [3.05, 3.63) is 0 Å². The maximum atomic E-state index is 12.5. The smallest absolute Gasteiger partial charge is 0.328 e. The molecule has 0 heterocycles. The van der Waals surface area contributed by atoms with Crippen LogP contribution in [0.4, 0.5) is 0 Å². The minimum atomic E-state index is -1.70. The maximum absolute atomic E-state index is 12.5. The third kappa shape index (κ3) is 9.72. The van der Waals surface area contributed by atoms with Gasteiger partial charge in [0.15, 0.2) is 6.04 Å². The number of aliphatic hydroxyl groups excluding tert-OH is 2. The minimum Gasteiger partial charge on any atom is -0.481 e. The van der Waals surface area contributed by atoms with E-state index < -0.39 is 79.4 Å². The Morgan fingerprint density at radius 1 is 0.903 bits per heavy atom. The number of rotatable bonds is 14. The quantitative estimate of drug-likeness (QED) is 0.135. The predicted molar refractivity (Wildman–Crippen MR) is 106 cm³/mol. The lowest BCUT2D eigenvalue weighted by molar-refractivity contribution is -0.145. The topological polar surface area (TPSA) is 228 Å². The van der Waals surface area contributed by atoms with Crippen molar-refractivity contribution >= 4 is 29.7 Å². The molecule has 0 aromatic rings. The molecule has 13 nitrogen and oxygen atoms in total. The molecule has 9 N–H and O–H groups in total. The Morgan fingerprint density at radius 3 is 1.84 bits per heavy atom. The molecule has 0 aromatic heterocycles. The number of carbonyl (C=O) groups is 5. The van der Waals surface area contributed by atoms with Gasteiger partial charge in [0, 0.05) is 6.42 Å². The number of amides is 3. The number of nitrogens with one attached hydrogen (secondary N) is 3. The zero-order valence-corrected chi connectivity index (χ0v) is 17.7. The van der Waals surface area contributed by atoms with E-state index in [0.717, 1.165) is 6.92 Å². The summed E-state index contributed by atoms with van der Waals surface area (Å²) >= 11 is 0. The Balaban J connectivity index is 5.36. The normalized spacial score (nSPS) is 16.7. The largest absolute Gasteiger partial charge is 0.481 e. The molecule has 0 aliphatic rings. The number of hydrogen-bond acceptors (Lipinski definition) is 8. The summed E-state index contributed by atoms with van der Waals surface area (Å²) in [4.78, 5) is 59.1. The fourth-order valence-electron chi connectivity index (χ4n) is 2.43. The van der Waals surface area contributed by atoms with Crippen molar-refractivity contribution in [2.45, 2.75) is 70.3 Å². The van der Waals surface area contributed by atoms with Gasteiger partial charge in [-0.3, -0.25) is 19.2 Å². The van der Waals surface area contributed by atoms with Crippen LogP contribution >= 0.6 is 0 Å². The zero-order valence-electron chi connectivity index (χ0n) is 17.7. The van der Waals surface area contributed by atoms with Crippen molar-refractivity contribution in [2.24, 2.45) is 11.7 Å². The van der Waals surface area contributed by atoms with Crippen LogP contribution in [-0.2, 0) is 24.0 Å². The molecule has 0 rings (SSSR count). The second kappa shape index (κ2) is 13.5. The Bertz CT molecular complexity index is 656. The van der Waals surface area contributed by atoms with Crippen molar-refractivity contribution < 1.29 is 44.4 Å². The maximum Gasteiger partial charge on any atom is 0.328 e. The van der Waals surface area contributed by atoms with Gasteiger partial charge in [-0.15, -0.1) is 0 Å². The third-order valence-electron chi connectivity index (χ3n) is 4.70. The molecule has 178 valence electrons. The van der Waals surface area contributed by atoms with Gasteiger partial charge in [0.25, 0.3) is 0 Å². The van der Waals surface area contributed by atoms with E-state index in [2.05, 4.69) is 10.6 Å². The predicted octanol–water partition coefficient (Wildman–Crippen LogP) is -2.86. The molecule has 0 fully saturated rings. The highest BCUT2D eigenvalue weighted by Gasteiger charge is 2.32. The molecule has 13 heteroatoms. The summed E-state index contributed by atoms with van der Waals surface area (Å²) < 4.78 is 0. The van der Waals surface area contributed by atoms with Gasteiger partial charge in [-0.05, 0) is 19.3 Å². The van der Waals surface area contributed by atoms with Crippen molar-refractivity contribution in [3.8, 4) is 0 Å². The van der Waals surface area contributed by atoms with E-state index >= 15 is 0 Å². The van der Waals surface area contributed by atoms with Crippen LogP contribution in [0.5, 0.6) is 0 Å². The fourth-order valence-corrected chi connectivity index (χ4v) is 2.43. The third-order valence-corrected chi connectivity index (χ3v) is 4.70. The number of carboxylic acid groups (broad SMARTS) is 2. The summed E-state index contributed by atoms with van der Waals surface area (Å²) in [6.07, 6.45) is -1.82. The average Bonchev–Trinajstić information content (AvgIpc) is 2.70. The Kier molecular flexibility index (Phi) is 12.3. The summed E-state index contributed by atoms with van der Waals surface area (Å²) in [7, 11) is 0. The standard InChI is InChI=1S/C18H32N4O9/c1-4-8(2)13(19)17(29)21-11(7-23)16(28)20-10(5-6-12(25)26)15(27)22-14(9(3)24)18(30)31/h8-11,13-14,23-24H,4-7,19H2,1-3H3,(H,20,28)(H,21,29)(H,22,27)(H,25,26)(H,30,31). The molecule has 0 spiro atoms. The Labute approximate surface area is 179 Å². The van der Waals surface area contributed by atoms with Crippen LogP contribution in [0.2, 0.25) is 0 Å². The van der Waals surface area contributed by atoms with Gasteiger partial charge in [-0.25, -0.2) is 4.79 Å². The summed E-state index contributed by atoms with van der Waals surface area (Å²) in [6.45, 7) is 3.84. The zero-order chi connectivity index (χ0) is 24.3. The molecule has 0 bridgehead atoms. The van der Waals surface area contributed by atoms with Crippen molar-refractivity contribution in [1.29, 1.82) is 0 Å². The summed E-state index contributed by atoms with van der Waals surface area (Å²) in [6, 6.07) is -5.62. The highest BCUT2D eigenvalue weighted by Crippen LogP contribution is 2.06. The molecule has 6 atom stereocenters. The molecule has 6 unspecified atom stereocenters. The van der Waals surface area contributed by atoms with Crippen molar-refractivity contribution in [1.82, 2.24) is 16.0 Å². The van der Waals surface area contributed by atoms with Crippen LogP contribution in [0.3, 0.4) is 0 Å². The highest BCUT2D eigenvalue weighted by atomic mass is 16.4. The van der Waals surface area contributed by atoms with Gasteiger partial charge in [-0.2, -0.15) is 0 Å². The Morgan fingerprint density at radius 2 is 1.42 bits per heavy atom. The number of aliphatic carboxylic acids is 2. The molecule has 0 saturated carbocycles. The van der Waals surface area contributed by atoms with E-state index in [0.29, 0.717) is 6.42 Å². The lowest BCUT2D eigenvalue weighted by Gasteiger charge is -2.25. The van der Waals surface area contributed by atoms with Crippen molar-refractivity contribution in [2.75, 3.05) is 6.61 Å². The summed E-state index contributed by atoms with van der Waals surface area (Å²) in [5, 5.41) is 43.3. The number of hydrogen-bond donors (Lipinski definition) is 8. The first kappa shape index (κ1) is 28.2. The molecular formula is C18H32N4O9. The monoisotopic (exact) mass is 448 g/mol. The molecule has 0 aromatic carbocycles. The molecule has 0 saturated heterocycles. The highest BCUT2D eigenvalue weighted by molar-refractivity contribution is 5.94. The van der Waals surface area contributed by atoms with Gasteiger partial charge >= 0.3 is 11.9 Å². The first-order valence-electron chi connectivity index (χ1n) is 9.75. The molecule has 0 aliphatic heterocycles. The van der Waals surface area contributed by atoms with Gasteiger partial charge < -0.3 is 42.1 Å². The molecule has 0 radical (unpaired) electrons. The number of carbonyl (C=O) groups excluding carboxylic acids is 3. The van der Waals surface area contributed by atoms with Crippen LogP contribution in [0.25, 0.3) is 0 Å². The van der Waals surface area contributed by atoms with Crippen LogP contribution in [0, 0.1) is 5.92 Å². The second-order valence-electron chi connectivity index (χ2n) is 7.21. The van der Waals surface area contributed by atoms with Crippen LogP contribution in [-0.4, -0.2) is 87.0 Å². The number of carboxylic acids is 2. The van der Waals surface area contributed by atoms with Crippen LogP contribution in [0.15, 0.2) is 0 Å². The molecule has 3 amide bonds. The van der Waals surface area contributed by atoms with Gasteiger partial charge in [0.1, 0.15) is 12.1 Å². The van der Waals surface area contributed by atoms with Gasteiger partial charge in [0.05, 0.1) is 18.8 Å². The molecular weight excluding hydrogens is 416 g/mol. The minimum absolute atomic E-state index is 0.204. The first-order chi connectivity index (χ1) is 14.3. The van der Waals surface area contributed by atoms with Crippen LogP contribution in [0.1, 0.15) is 40.0 Å². The SMILES string of the molecule is CCC(C)C(N)C(=O)NC(CO)C(=O)NC(CCC(=O)O)C(=O)NC(C(=O)O)C(C)O. The van der Waals surface area contributed by atoms with E-state index in [1.54, 1.807) is 6.92 Å².